The molecule has 0 radical (unpaired) electrons. The van der Waals surface area contributed by atoms with Crippen molar-refractivity contribution in [2.75, 3.05) is 20.8 Å². The SMILES string of the molecule is COc1cccc(/C=C/C(=O)N2CCC=CC2=O)c1OC. The molecule has 2 amide bonds. The molecule has 0 fully saturated rings. The molecule has 5 heteroatoms. The number of methoxy groups -OCH3 is 2. The highest BCUT2D eigenvalue weighted by atomic mass is 16.5. The van der Waals surface area contributed by atoms with Crippen LogP contribution in [0.1, 0.15) is 12.0 Å². The second-order valence-corrected chi connectivity index (χ2v) is 4.44. The van der Waals surface area contributed by atoms with Gasteiger partial charge >= 0.3 is 0 Å². The van der Waals surface area contributed by atoms with Crippen LogP contribution in [-0.4, -0.2) is 37.5 Å². The predicted octanol–water partition coefficient (Wildman–Crippen LogP) is 2.03. The summed E-state index contributed by atoms with van der Waals surface area (Å²) in [5, 5.41) is 0. The maximum atomic E-state index is 12.0. The third-order valence-corrected chi connectivity index (χ3v) is 3.15. The summed E-state index contributed by atoms with van der Waals surface area (Å²) >= 11 is 0. The molecule has 0 saturated carbocycles. The fourth-order valence-corrected chi connectivity index (χ4v) is 2.10. The Balaban J connectivity index is 2.19. The van der Waals surface area contributed by atoms with Crippen molar-refractivity contribution in [1.29, 1.82) is 0 Å². The maximum Gasteiger partial charge on any atom is 0.253 e. The first-order valence-electron chi connectivity index (χ1n) is 6.58. The van der Waals surface area contributed by atoms with Crippen molar-refractivity contribution < 1.29 is 19.1 Å². The molecule has 0 bridgehead atoms. The van der Waals surface area contributed by atoms with Gasteiger partial charge in [-0.3, -0.25) is 14.5 Å². The van der Waals surface area contributed by atoms with Crippen LogP contribution < -0.4 is 9.47 Å². The second-order valence-electron chi connectivity index (χ2n) is 4.44. The number of imide groups is 1. The minimum Gasteiger partial charge on any atom is -0.493 e. The first-order chi connectivity index (χ1) is 10.2. The van der Waals surface area contributed by atoms with Gasteiger partial charge in [-0.05, 0) is 24.6 Å². The lowest BCUT2D eigenvalue weighted by Crippen LogP contribution is -2.37. The van der Waals surface area contributed by atoms with Crippen LogP contribution in [0, 0.1) is 0 Å². The zero-order valence-corrected chi connectivity index (χ0v) is 12.0. The summed E-state index contributed by atoms with van der Waals surface area (Å²) in [5.41, 5.74) is 0.713. The zero-order valence-electron chi connectivity index (χ0n) is 12.0. The summed E-state index contributed by atoms with van der Waals surface area (Å²) in [6, 6.07) is 5.39. The molecule has 5 nitrogen and oxygen atoms in total. The van der Waals surface area contributed by atoms with E-state index in [1.54, 1.807) is 31.4 Å². The Bertz CT molecular complexity index is 604. The number of amides is 2. The molecule has 110 valence electrons. The van der Waals surface area contributed by atoms with Gasteiger partial charge in [0.05, 0.1) is 14.2 Å². The lowest BCUT2D eigenvalue weighted by Gasteiger charge is -2.19. The van der Waals surface area contributed by atoms with Crippen LogP contribution in [0.25, 0.3) is 6.08 Å². The normalized spacial score (nSPS) is 14.6. The first kappa shape index (κ1) is 14.8. The van der Waals surface area contributed by atoms with Crippen molar-refractivity contribution >= 4 is 17.9 Å². The van der Waals surface area contributed by atoms with Crippen molar-refractivity contribution in [3.05, 3.63) is 42.0 Å². The van der Waals surface area contributed by atoms with Crippen LogP contribution in [0.5, 0.6) is 11.5 Å². The average molecular weight is 287 g/mol. The molecule has 0 saturated heterocycles. The number of hydrogen-bond donors (Lipinski definition) is 0. The molecule has 0 N–H and O–H groups in total. The molecule has 1 heterocycles. The van der Waals surface area contributed by atoms with Gasteiger partial charge in [-0.1, -0.05) is 18.2 Å². The summed E-state index contributed by atoms with van der Waals surface area (Å²) in [7, 11) is 3.09. The van der Waals surface area contributed by atoms with Gasteiger partial charge in [-0.25, -0.2) is 0 Å². The molecule has 1 aromatic rings. The Hall–Kier alpha value is -2.56. The number of para-hydroxylation sites is 1. The number of ether oxygens (including phenoxy) is 2. The fourth-order valence-electron chi connectivity index (χ4n) is 2.10. The van der Waals surface area contributed by atoms with Crippen LogP contribution in [0.4, 0.5) is 0 Å². The van der Waals surface area contributed by atoms with Gasteiger partial charge in [0.1, 0.15) is 0 Å². The van der Waals surface area contributed by atoms with Gasteiger partial charge in [-0.2, -0.15) is 0 Å². The molecule has 1 aromatic carbocycles. The molecule has 1 aliphatic rings. The van der Waals surface area contributed by atoms with Crippen molar-refractivity contribution in [1.82, 2.24) is 4.90 Å². The van der Waals surface area contributed by atoms with E-state index in [0.29, 0.717) is 30.0 Å². The van der Waals surface area contributed by atoms with E-state index in [-0.39, 0.29) is 11.8 Å². The minimum atomic E-state index is -0.339. The number of hydrogen-bond acceptors (Lipinski definition) is 4. The number of carbonyl (C=O) groups excluding carboxylic acids is 2. The number of benzene rings is 1. The van der Waals surface area contributed by atoms with Crippen LogP contribution in [-0.2, 0) is 9.59 Å². The van der Waals surface area contributed by atoms with Crippen molar-refractivity contribution in [3.63, 3.8) is 0 Å². The Morgan fingerprint density at radius 2 is 2.10 bits per heavy atom. The quantitative estimate of drug-likeness (QED) is 0.795. The molecule has 21 heavy (non-hydrogen) atoms. The van der Waals surface area contributed by atoms with E-state index in [4.69, 9.17) is 9.47 Å². The van der Waals surface area contributed by atoms with Crippen LogP contribution >= 0.6 is 0 Å². The van der Waals surface area contributed by atoms with Crippen molar-refractivity contribution in [2.24, 2.45) is 0 Å². The third kappa shape index (κ3) is 3.31. The molecule has 0 aromatic heterocycles. The highest BCUT2D eigenvalue weighted by molar-refractivity contribution is 6.07. The van der Waals surface area contributed by atoms with E-state index in [1.165, 1.54) is 24.2 Å². The standard InChI is InChI=1S/C16H17NO4/c1-20-13-7-5-6-12(16(13)21-2)9-10-15(19)17-11-4-3-8-14(17)18/h3,5-10H,4,11H2,1-2H3/b10-9+. The van der Waals surface area contributed by atoms with E-state index in [9.17, 15) is 9.59 Å². The third-order valence-electron chi connectivity index (χ3n) is 3.15. The molecular weight excluding hydrogens is 270 g/mol. The lowest BCUT2D eigenvalue weighted by atomic mass is 10.1. The first-order valence-corrected chi connectivity index (χ1v) is 6.58. The van der Waals surface area contributed by atoms with E-state index in [1.807, 2.05) is 6.07 Å². The predicted molar refractivity (Wildman–Crippen MR) is 79.1 cm³/mol. The molecule has 0 atom stereocenters. The number of rotatable bonds is 4. The van der Waals surface area contributed by atoms with Gasteiger partial charge in [-0.15, -0.1) is 0 Å². The Kier molecular flexibility index (Phi) is 4.77. The molecule has 0 unspecified atom stereocenters. The summed E-state index contributed by atoms with van der Waals surface area (Å²) in [4.78, 5) is 24.9. The lowest BCUT2D eigenvalue weighted by molar-refractivity contribution is -0.139. The summed E-state index contributed by atoms with van der Waals surface area (Å²) in [5.74, 6) is 0.515. The van der Waals surface area contributed by atoms with Gasteiger partial charge in [0, 0.05) is 18.2 Å². The van der Waals surface area contributed by atoms with Gasteiger partial charge in [0.15, 0.2) is 11.5 Å². The minimum absolute atomic E-state index is 0.284. The summed E-state index contributed by atoms with van der Waals surface area (Å²) in [6.45, 7) is 0.410. The zero-order chi connectivity index (χ0) is 15.2. The van der Waals surface area contributed by atoms with Gasteiger partial charge < -0.3 is 9.47 Å². The largest absolute Gasteiger partial charge is 0.493 e. The van der Waals surface area contributed by atoms with E-state index < -0.39 is 0 Å². The molecular formula is C16H17NO4. The molecule has 1 aliphatic heterocycles. The van der Waals surface area contributed by atoms with Crippen LogP contribution in [0.3, 0.4) is 0 Å². The van der Waals surface area contributed by atoms with E-state index in [2.05, 4.69) is 0 Å². The molecule has 2 rings (SSSR count). The van der Waals surface area contributed by atoms with Crippen LogP contribution in [0.15, 0.2) is 36.4 Å². The van der Waals surface area contributed by atoms with Crippen LogP contribution in [0.2, 0.25) is 0 Å². The summed E-state index contributed by atoms with van der Waals surface area (Å²) in [6.07, 6.45) is 6.86. The smallest absolute Gasteiger partial charge is 0.253 e. The monoisotopic (exact) mass is 287 g/mol. The second kappa shape index (κ2) is 6.74. The fraction of sp³-hybridized carbons (Fsp3) is 0.250. The molecule has 0 aliphatic carbocycles. The Labute approximate surface area is 123 Å². The Morgan fingerprint density at radius 1 is 1.29 bits per heavy atom. The highest BCUT2D eigenvalue weighted by Crippen LogP contribution is 2.31. The van der Waals surface area contributed by atoms with E-state index in [0.717, 1.165) is 0 Å². The van der Waals surface area contributed by atoms with Crippen molar-refractivity contribution in [3.8, 4) is 11.5 Å². The number of nitrogens with zero attached hydrogens (tertiary/aromatic N) is 1. The summed E-state index contributed by atoms with van der Waals surface area (Å²) < 4.78 is 10.5. The Morgan fingerprint density at radius 3 is 2.76 bits per heavy atom. The van der Waals surface area contributed by atoms with Gasteiger partial charge in [0.25, 0.3) is 11.8 Å². The van der Waals surface area contributed by atoms with E-state index >= 15 is 0 Å². The average Bonchev–Trinajstić information content (AvgIpc) is 2.52. The number of carbonyl (C=O) groups is 2. The molecule has 0 spiro atoms. The maximum absolute atomic E-state index is 12.0. The van der Waals surface area contributed by atoms with Gasteiger partial charge in [0.2, 0.25) is 0 Å². The highest BCUT2D eigenvalue weighted by Gasteiger charge is 2.19. The topological polar surface area (TPSA) is 55.8 Å². The van der Waals surface area contributed by atoms with Crippen molar-refractivity contribution in [2.45, 2.75) is 6.42 Å².